The van der Waals surface area contributed by atoms with Crippen molar-refractivity contribution in [3.8, 4) is 0 Å². The Morgan fingerprint density at radius 1 is 0.963 bits per heavy atom. The summed E-state index contributed by atoms with van der Waals surface area (Å²) in [5.41, 5.74) is 0.229. The van der Waals surface area contributed by atoms with Gasteiger partial charge < -0.3 is 10.1 Å². The smallest absolute Gasteiger partial charge is 0.311 e. The summed E-state index contributed by atoms with van der Waals surface area (Å²) in [5, 5.41) is 2.90. The summed E-state index contributed by atoms with van der Waals surface area (Å²) in [6.45, 7) is 21.9. The summed E-state index contributed by atoms with van der Waals surface area (Å²) < 4.78 is 5.04. The Labute approximate surface area is 165 Å². The monoisotopic (exact) mass is 387 g/mol. The fourth-order valence-corrected chi connectivity index (χ4v) is 1.33. The minimum absolute atomic E-state index is 0.148. The topological polar surface area (TPSA) is 73.9 Å². The molecule has 0 heterocycles. The van der Waals surface area contributed by atoms with E-state index < -0.39 is 5.41 Å². The SMILES string of the molecule is C=C(C)COOCCOC(=O)C(C)(C)CC.CCC(C)(C)C(=O)NC(C)C. The van der Waals surface area contributed by atoms with E-state index in [9.17, 15) is 9.59 Å². The molecule has 0 bridgehead atoms. The van der Waals surface area contributed by atoms with Gasteiger partial charge in [0.05, 0.1) is 5.41 Å². The highest BCUT2D eigenvalue weighted by atomic mass is 17.2. The van der Waals surface area contributed by atoms with Crippen LogP contribution < -0.4 is 5.32 Å². The Hall–Kier alpha value is -1.40. The second-order valence-corrected chi connectivity index (χ2v) is 8.28. The van der Waals surface area contributed by atoms with E-state index in [1.807, 2.05) is 62.3 Å². The van der Waals surface area contributed by atoms with Gasteiger partial charge in [-0.15, -0.1) is 0 Å². The molecular weight excluding hydrogens is 346 g/mol. The number of carbonyl (C=O) groups is 2. The minimum Gasteiger partial charge on any atom is -0.463 e. The highest BCUT2D eigenvalue weighted by Crippen LogP contribution is 2.21. The van der Waals surface area contributed by atoms with Crippen LogP contribution in [0.5, 0.6) is 0 Å². The van der Waals surface area contributed by atoms with Crippen LogP contribution in [-0.2, 0) is 24.1 Å². The van der Waals surface area contributed by atoms with E-state index in [1.54, 1.807) is 0 Å². The zero-order valence-electron chi connectivity index (χ0n) is 18.9. The number of hydrogen-bond donors (Lipinski definition) is 1. The second-order valence-electron chi connectivity index (χ2n) is 8.28. The van der Waals surface area contributed by atoms with Gasteiger partial charge in [0.1, 0.15) is 19.8 Å². The molecule has 27 heavy (non-hydrogen) atoms. The van der Waals surface area contributed by atoms with E-state index in [4.69, 9.17) is 14.5 Å². The van der Waals surface area contributed by atoms with Gasteiger partial charge in [-0.05, 0) is 47.5 Å². The normalized spacial score (nSPS) is 11.5. The summed E-state index contributed by atoms with van der Waals surface area (Å²) in [6.07, 6.45) is 1.63. The first-order chi connectivity index (χ1) is 12.3. The maximum absolute atomic E-state index is 11.5. The maximum Gasteiger partial charge on any atom is 0.311 e. The Morgan fingerprint density at radius 2 is 1.48 bits per heavy atom. The lowest BCUT2D eigenvalue weighted by Crippen LogP contribution is -2.40. The predicted octanol–water partition coefficient (Wildman–Crippen LogP) is 4.44. The Bertz CT molecular complexity index is 455. The Balaban J connectivity index is 0. The van der Waals surface area contributed by atoms with E-state index >= 15 is 0 Å². The fourth-order valence-electron chi connectivity index (χ4n) is 1.33. The van der Waals surface area contributed by atoms with Crippen LogP contribution in [0.1, 0.15) is 75.2 Å². The summed E-state index contributed by atoms with van der Waals surface area (Å²) in [6, 6.07) is 0.244. The number of esters is 1. The van der Waals surface area contributed by atoms with Crippen LogP contribution in [0, 0.1) is 10.8 Å². The zero-order valence-corrected chi connectivity index (χ0v) is 18.9. The third kappa shape index (κ3) is 14.3. The molecule has 0 rings (SSSR count). The van der Waals surface area contributed by atoms with Gasteiger partial charge in [0, 0.05) is 11.5 Å². The van der Waals surface area contributed by atoms with Crippen molar-refractivity contribution in [3.63, 3.8) is 0 Å². The molecule has 1 N–H and O–H groups in total. The van der Waals surface area contributed by atoms with Gasteiger partial charge in [-0.2, -0.15) is 0 Å². The number of hydrogen-bond acceptors (Lipinski definition) is 5. The summed E-state index contributed by atoms with van der Waals surface area (Å²) in [5.74, 6) is -0.0616. The molecule has 160 valence electrons. The van der Waals surface area contributed by atoms with Gasteiger partial charge in [-0.25, -0.2) is 9.78 Å². The molecule has 0 aliphatic heterocycles. The van der Waals surface area contributed by atoms with Crippen molar-refractivity contribution in [1.82, 2.24) is 5.32 Å². The van der Waals surface area contributed by atoms with Crippen molar-refractivity contribution in [3.05, 3.63) is 12.2 Å². The minimum atomic E-state index is -0.432. The third-order valence-electron chi connectivity index (χ3n) is 4.14. The highest BCUT2D eigenvalue weighted by molar-refractivity contribution is 5.81. The van der Waals surface area contributed by atoms with Crippen LogP contribution in [-0.4, -0.2) is 37.7 Å². The number of amides is 1. The van der Waals surface area contributed by atoms with Crippen molar-refractivity contribution in [2.75, 3.05) is 19.8 Å². The molecule has 0 atom stereocenters. The van der Waals surface area contributed by atoms with Gasteiger partial charge >= 0.3 is 5.97 Å². The quantitative estimate of drug-likeness (QED) is 0.187. The maximum atomic E-state index is 11.5. The Morgan fingerprint density at radius 3 is 1.89 bits per heavy atom. The van der Waals surface area contributed by atoms with Crippen LogP contribution in [0.25, 0.3) is 0 Å². The molecule has 0 spiro atoms. The number of ether oxygens (including phenoxy) is 1. The molecule has 6 heteroatoms. The van der Waals surface area contributed by atoms with Gasteiger partial charge in [0.15, 0.2) is 0 Å². The molecular formula is C21H41NO5. The summed E-state index contributed by atoms with van der Waals surface area (Å²) in [7, 11) is 0. The predicted molar refractivity (Wildman–Crippen MR) is 109 cm³/mol. The average molecular weight is 388 g/mol. The Kier molecular flexibility index (Phi) is 14.1. The van der Waals surface area contributed by atoms with Gasteiger partial charge in [0.25, 0.3) is 0 Å². The molecule has 0 fully saturated rings. The third-order valence-corrected chi connectivity index (χ3v) is 4.14. The van der Waals surface area contributed by atoms with Gasteiger partial charge in [-0.3, -0.25) is 9.59 Å². The van der Waals surface area contributed by atoms with E-state index in [2.05, 4.69) is 11.9 Å². The lowest BCUT2D eigenvalue weighted by Gasteiger charge is -2.22. The first-order valence-electron chi connectivity index (χ1n) is 9.67. The van der Waals surface area contributed by atoms with Crippen molar-refractivity contribution in [1.29, 1.82) is 0 Å². The fraction of sp³-hybridized carbons (Fsp3) is 0.810. The van der Waals surface area contributed by atoms with Crippen molar-refractivity contribution in [2.24, 2.45) is 10.8 Å². The lowest BCUT2D eigenvalue weighted by molar-refractivity contribution is -0.292. The number of carbonyl (C=O) groups excluding carboxylic acids is 2. The highest BCUT2D eigenvalue weighted by Gasteiger charge is 2.27. The largest absolute Gasteiger partial charge is 0.463 e. The van der Waals surface area contributed by atoms with Crippen LogP contribution in [0.15, 0.2) is 12.2 Å². The van der Waals surface area contributed by atoms with E-state index in [0.717, 1.165) is 18.4 Å². The van der Waals surface area contributed by atoms with Crippen LogP contribution >= 0.6 is 0 Å². The number of rotatable bonds is 11. The van der Waals surface area contributed by atoms with Gasteiger partial charge in [-0.1, -0.05) is 39.8 Å². The average Bonchev–Trinajstić information content (AvgIpc) is 2.57. The standard InChI is InChI=1S/C12H22O4.C9H19NO/c1-6-12(4,5)11(13)14-7-8-15-16-9-10(2)3;1-6-9(4,5)8(11)10-7(2)3/h2,6-9H2,1,3-5H3;7H,6H2,1-5H3,(H,10,11). The lowest BCUT2D eigenvalue weighted by atomic mass is 9.89. The van der Waals surface area contributed by atoms with E-state index in [1.165, 1.54) is 0 Å². The first-order valence-corrected chi connectivity index (χ1v) is 9.67. The molecule has 6 nitrogen and oxygen atoms in total. The zero-order chi connectivity index (χ0) is 21.7. The van der Waals surface area contributed by atoms with Crippen molar-refractivity contribution in [2.45, 2.75) is 81.2 Å². The van der Waals surface area contributed by atoms with E-state index in [-0.39, 0.29) is 36.5 Å². The van der Waals surface area contributed by atoms with E-state index in [0.29, 0.717) is 6.61 Å². The molecule has 0 aromatic carbocycles. The second kappa shape index (κ2) is 13.7. The van der Waals surface area contributed by atoms with Crippen LogP contribution in [0.3, 0.4) is 0 Å². The van der Waals surface area contributed by atoms with Crippen molar-refractivity contribution < 1.29 is 24.1 Å². The molecule has 0 radical (unpaired) electrons. The van der Waals surface area contributed by atoms with Crippen molar-refractivity contribution >= 4 is 11.9 Å². The molecule has 0 aromatic rings. The molecule has 0 unspecified atom stereocenters. The van der Waals surface area contributed by atoms with Crippen LogP contribution in [0.2, 0.25) is 0 Å². The molecule has 0 aliphatic rings. The molecule has 0 saturated heterocycles. The molecule has 0 aliphatic carbocycles. The number of nitrogens with one attached hydrogen (secondary N) is 1. The summed E-state index contributed by atoms with van der Waals surface area (Å²) in [4.78, 5) is 32.5. The van der Waals surface area contributed by atoms with Crippen LogP contribution in [0.4, 0.5) is 0 Å². The molecule has 0 saturated carbocycles. The van der Waals surface area contributed by atoms with Gasteiger partial charge in [0.2, 0.25) is 5.91 Å². The molecule has 0 aromatic heterocycles. The first kappa shape index (κ1) is 27.8. The molecule has 1 amide bonds. The summed E-state index contributed by atoms with van der Waals surface area (Å²) >= 11 is 0.